The van der Waals surface area contributed by atoms with Crippen molar-refractivity contribution in [2.24, 2.45) is 11.8 Å². The maximum absolute atomic E-state index is 12.2. The Labute approximate surface area is 125 Å². The summed E-state index contributed by atoms with van der Waals surface area (Å²) < 4.78 is 5.25. The molecule has 0 bridgehead atoms. The number of rotatable bonds is 6. The van der Waals surface area contributed by atoms with Gasteiger partial charge < -0.3 is 4.74 Å². The van der Waals surface area contributed by atoms with Crippen LogP contribution in [0.25, 0.3) is 0 Å². The van der Waals surface area contributed by atoms with Crippen molar-refractivity contribution in [2.45, 2.75) is 58.3 Å². The summed E-state index contributed by atoms with van der Waals surface area (Å²) in [5, 5.41) is 0. The molecule has 0 aromatic carbocycles. The van der Waals surface area contributed by atoms with Gasteiger partial charge in [0.25, 0.3) is 0 Å². The van der Waals surface area contributed by atoms with E-state index in [4.69, 9.17) is 4.74 Å². The van der Waals surface area contributed by atoms with Gasteiger partial charge in [-0.15, -0.1) is 6.58 Å². The number of hydrogen-bond donors (Lipinski definition) is 0. The highest BCUT2D eigenvalue weighted by Crippen LogP contribution is 2.33. The van der Waals surface area contributed by atoms with Gasteiger partial charge in [0, 0.05) is 13.6 Å². The Balaban J connectivity index is 2.91. The molecule has 0 saturated heterocycles. The number of allylic oxidation sites excluding steroid dienone is 2. The van der Waals surface area contributed by atoms with Crippen LogP contribution in [0.4, 0.5) is 0 Å². The van der Waals surface area contributed by atoms with Crippen molar-refractivity contribution in [3.63, 3.8) is 0 Å². The second-order valence-corrected chi connectivity index (χ2v) is 12.5. The van der Waals surface area contributed by atoms with Crippen LogP contribution in [0.15, 0.2) is 24.3 Å². The Kier molecular flexibility index (Phi) is 6.73. The number of ether oxygens (including phenoxy) is 1. The summed E-state index contributed by atoms with van der Waals surface area (Å²) >= 11 is 0. The van der Waals surface area contributed by atoms with Crippen molar-refractivity contribution in [2.75, 3.05) is 6.61 Å². The molecule has 0 aliphatic heterocycles. The first kappa shape index (κ1) is 17.2. The highest BCUT2D eigenvalue weighted by atomic mass is 28.3. The van der Waals surface area contributed by atoms with Gasteiger partial charge in [0.1, 0.15) is 0 Å². The molecule has 2 atom stereocenters. The van der Waals surface area contributed by atoms with E-state index in [0.717, 1.165) is 11.6 Å². The third-order valence-electron chi connectivity index (χ3n) is 3.85. The minimum absolute atomic E-state index is 0.108. The average molecular weight is 295 g/mol. The summed E-state index contributed by atoms with van der Waals surface area (Å²) in [6.45, 7) is 13.2. The fourth-order valence-corrected chi connectivity index (χ4v) is 4.35. The van der Waals surface area contributed by atoms with Crippen LogP contribution in [0.5, 0.6) is 0 Å². The minimum Gasteiger partial charge on any atom is -0.463 e. The quantitative estimate of drug-likeness (QED) is 0.304. The van der Waals surface area contributed by atoms with Gasteiger partial charge in [-0.25, -0.2) is 4.79 Å². The van der Waals surface area contributed by atoms with E-state index in [1.807, 2.05) is 6.92 Å². The Morgan fingerprint density at radius 2 is 1.85 bits per heavy atom. The Hall–Kier alpha value is -0.833. The van der Waals surface area contributed by atoms with Crippen LogP contribution in [0.1, 0.15) is 32.6 Å². The molecule has 1 aliphatic carbocycles. The third kappa shape index (κ3) is 5.66. The highest BCUT2D eigenvalue weighted by Gasteiger charge is 2.26. The molecule has 1 fully saturated rings. The zero-order valence-corrected chi connectivity index (χ0v) is 14.6. The lowest BCUT2D eigenvalue weighted by molar-refractivity contribution is -0.138. The Morgan fingerprint density at radius 3 is 2.35 bits per heavy atom. The van der Waals surface area contributed by atoms with E-state index < -0.39 is 8.07 Å². The standard InChI is InChI=1S/C17H30O2Si/c1-6-14-10-8-9-11-15(14)12-16(13-20(3,4)5)17(18)19-7-2/h6,12,14-15H,1,7-11,13H2,2-5H3/b16-12+/t14-,15-/m1/s1. The largest absolute Gasteiger partial charge is 0.463 e. The predicted molar refractivity (Wildman–Crippen MR) is 88.5 cm³/mol. The van der Waals surface area contributed by atoms with Crippen molar-refractivity contribution >= 4 is 14.0 Å². The molecule has 1 saturated carbocycles. The van der Waals surface area contributed by atoms with E-state index in [2.05, 4.69) is 38.4 Å². The summed E-state index contributed by atoms with van der Waals surface area (Å²) in [5.74, 6) is 0.884. The first-order chi connectivity index (χ1) is 9.37. The van der Waals surface area contributed by atoms with E-state index in [1.165, 1.54) is 25.7 Å². The lowest BCUT2D eigenvalue weighted by Crippen LogP contribution is -2.25. The van der Waals surface area contributed by atoms with Crippen molar-refractivity contribution in [3.8, 4) is 0 Å². The zero-order chi connectivity index (χ0) is 15.2. The van der Waals surface area contributed by atoms with Crippen LogP contribution in [-0.2, 0) is 9.53 Å². The highest BCUT2D eigenvalue weighted by molar-refractivity contribution is 6.77. The fraction of sp³-hybridized carbons (Fsp3) is 0.706. The van der Waals surface area contributed by atoms with Crippen LogP contribution in [-0.4, -0.2) is 20.7 Å². The number of carbonyl (C=O) groups excluding carboxylic acids is 1. The topological polar surface area (TPSA) is 26.3 Å². The van der Waals surface area contributed by atoms with Gasteiger partial charge in [-0.2, -0.15) is 0 Å². The first-order valence-electron chi connectivity index (χ1n) is 7.87. The molecule has 2 nitrogen and oxygen atoms in total. The first-order valence-corrected chi connectivity index (χ1v) is 11.6. The minimum atomic E-state index is -1.32. The molecular weight excluding hydrogens is 264 g/mol. The molecule has 20 heavy (non-hydrogen) atoms. The van der Waals surface area contributed by atoms with Crippen molar-refractivity contribution < 1.29 is 9.53 Å². The molecule has 0 amide bonds. The second-order valence-electron chi connectivity index (χ2n) is 7.00. The average Bonchev–Trinajstić information content (AvgIpc) is 2.37. The number of hydrogen-bond acceptors (Lipinski definition) is 2. The monoisotopic (exact) mass is 294 g/mol. The number of carbonyl (C=O) groups is 1. The lowest BCUT2D eigenvalue weighted by Gasteiger charge is -2.28. The maximum Gasteiger partial charge on any atom is 0.333 e. The van der Waals surface area contributed by atoms with Crippen LogP contribution in [0, 0.1) is 11.8 Å². The molecule has 0 unspecified atom stereocenters. The zero-order valence-electron chi connectivity index (χ0n) is 13.6. The van der Waals surface area contributed by atoms with E-state index in [0.29, 0.717) is 18.4 Å². The van der Waals surface area contributed by atoms with E-state index >= 15 is 0 Å². The summed E-state index contributed by atoms with van der Waals surface area (Å²) in [6.07, 6.45) is 9.19. The summed E-state index contributed by atoms with van der Waals surface area (Å²) in [7, 11) is -1.32. The van der Waals surface area contributed by atoms with Crippen LogP contribution in [0.3, 0.4) is 0 Å². The van der Waals surface area contributed by atoms with Gasteiger partial charge in [0.15, 0.2) is 0 Å². The van der Waals surface area contributed by atoms with E-state index in [9.17, 15) is 4.79 Å². The molecule has 114 valence electrons. The molecule has 0 spiro atoms. The second kappa shape index (κ2) is 7.82. The molecule has 1 aliphatic rings. The van der Waals surface area contributed by atoms with Crippen LogP contribution < -0.4 is 0 Å². The Morgan fingerprint density at radius 1 is 1.25 bits per heavy atom. The van der Waals surface area contributed by atoms with Gasteiger partial charge in [0.2, 0.25) is 0 Å². The fourth-order valence-electron chi connectivity index (χ4n) is 2.94. The van der Waals surface area contributed by atoms with Gasteiger partial charge >= 0.3 is 5.97 Å². The molecule has 0 N–H and O–H groups in total. The smallest absolute Gasteiger partial charge is 0.333 e. The van der Waals surface area contributed by atoms with E-state index in [-0.39, 0.29) is 5.97 Å². The van der Waals surface area contributed by atoms with Gasteiger partial charge in [0.05, 0.1) is 6.61 Å². The molecule has 3 heteroatoms. The van der Waals surface area contributed by atoms with Gasteiger partial charge in [-0.1, -0.05) is 44.6 Å². The summed E-state index contributed by atoms with van der Waals surface area (Å²) in [4.78, 5) is 12.2. The molecule has 0 radical (unpaired) electrons. The molecule has 0 heterocycles. The van der Waals surface area contributed by atoms with Crippen molar-refractivity contribution in [1.82, 2.24) is 0 Å². The molecule has 1 rings (SSSR count). The number of esters is 1. The van der Waals surface area contributed by atoms with E-state index in [1.54, 1.807) is 0 Å². The molecule has 0 aromatic rings. The van der Waals surface area contributed by atoms with Gasteiger partial charge in [-0.3, -0.25) is 0 Å². The van der Waals surface area contributed by atoms with Crippen LogP contribution in [0.2, 0.25) is 25.7 Å². The van der Waals surface area contributed by atoms with Gasteiger partial charge in [-0.05, 0) is 37.6 Å². The molecule has 0 aromatic heterocycles. The lowest BCUT2D eigenvalue weighted by atomic mass is 9.78. The predicted octanol–water partition coefficient (Wildman–Crippen LogP) is 4.81. The third-order valence-corrected chi connectivity index (χ3v) is 5.29. The SMILES string of the molecule is C=C[C@@H]1CCCC[C@@H]1/C=C(\C[Si](C)(C)C)C(=O)OCC. The normalized spacial score (nSPS) is 24.3. The maximum atomic E-state index is 12.2. The van der Waals surface area contributed by atoms with Crippen LogP contribution >= 0.6 is 0 Å². The van der Waals surface area contributed by atoms with Crippen molar-refractivity contribution in [3.05, 3.63) is 24.3 Å². The molecular formula is C17H30O2Si. The Bertz CT molecular complexity index is 366. The summed E-state index contributed by atoms with van der Waals surface area (Å²) in [5.41, 5.74) is 0.907. The summed E-state index contributed by atoms with van der Waals surface area (Å²) in [6, 6.07) is 0.909. The van der Waals surface area contributed by atoms with Crippen molar-refractivity contribution in [1.29, 1.82) is 0 Å².